The smallest absolute Gasteiger partial charge is 0.191 e. The molecule has 4 rings (SSSR count). The first-order valence-electron chi connectivity index (χ1n) is 6.98. The maximum absolute atomic E-state index is 5.55. The first-order chi connectivity index (χ1) is 10.9. The van der Waals surface area contributed by atoms with E-state index in [4.69, 9.17) is 9.40 Å². The Hall–Kier alpha value is -2.66. The lowest BCUT2D eigenvalue weighted by atomic mass is 10.2. The monoisotopic (exact) mass is 307 g/mol. The third-order valence-corrected chi connectivity index (χ3v) is 4.44. The Balaban J connectivity index is 1.83. The molecule has 5 heteroatoms. The summed E-state index contributed by atoms with van der Waals surface area (Å²) in [6, 6.07) is 9.69. The first kappa shape index (κ1) is 13.0. The fourth-order valence-electron chi connectivity index (χ4n) is 2.29. The SMILES string of the molecule is C1=CCN(c2nc(-c3ccco3)c(-c3ccccn3)s2)C=C1. The van der Waals surface area contributed by atoms with Crippen molar-refractivity contribution in [3.05, 3.63) is 67.2 Å². The molecule has 0 radical (unpaired) electrons. The average molecular weight is 307 g/mol. The molecule has 0 spiro atoms. The molecule has 3 aromatic heterocycles. The van der Waals surface area contributed by atoms with Gasteiger partial charge in [-0.15, -0.1) is 0 Å². The van der Waals surface area contributed by atoms with Crippen LogP contribution in [0.2, 0.25) is 0 Å². The van der Waals surface area contributed by atoms with Crippen molar-refractivity contribution < 1.29 is 4.42 Å². The summed E-state index contributed by atoms with van der Waals surface area (Å²) >= 11 is 1.62. The van der Waals surface area contributed by atoms with Crippen LogP contribution in [0.1, 0.15) is 0 Å². The van der Waals surface area contributed by atoms with Gasteiger partial charge in [0.05, 0.1) is 16.8 Å². The van der Waals surface area contributed by atoms with Crippen LogP contribution in [0.25, 0.3) is 22.0 Å². The number of allylic oxidation sites excluding steroid dienone is 2. The zero-order chi connectivity index (χ0) is 14.8. The van der Waals surface area contributed by atoms with Crippen molar-refractivity contribution in [2.24, 2.45) is 0 Å². The molecule has 0 atom stereocenters. The van der Waals surface area contributed by atoms with Gasteiger partial charge in [0.2, 0.25) is 0 Å². The molecule has 0 N–H and O–H groups in total. The second-order valence-corrected chi connectivity index (χ2v) is 5.77. The van der Waals surface area contributed by atoms with Gasteiger partial charge in [-0.25, -0.2) is 4.98 Å². The van der Waals surface area contributed by atoms with Gasteiger partial charge in [0.1, 0.15) is 5.69 Å². The van der Waals surface area contributed by atoms with Crippen molar-refractivity contribution >= 4 is 16.5 Å². The quantitative estimate of drug-likeness (QED) is 0.721. The molecule has 0 fully saturated rings. The summed E-state index contributed by atoms with van der Waals surface area (Å²) in [5.41, 5.74) is 1.75. The molecule has 3 aromatic rings. The molecule has 4 nitrogen and oxygen atoms in total. The summed E-state index contributed by atoms with van der Waals surface area (Å²) in [5.74, 6) is 0.764. The maximum Gasteiger partial charge on any atom is 0.191 e. The maximum atomic E-state index is 5.55. The van der Waals surface area contributed by atoms with E-state index in [1.54, 1.807) is 23.8 Å². The lowest BCUT2D eigenvalue weighted by Gasteiger charge is -2.16. The van der Waals surface area contributed by atoms with Crippen molar-refractivity contribution in [1.82, 2.24) is 9.97 Å². The highest BCUT2D eigenvalue weighted by Crippen LogP contribution is 2.39. The van der Waals surface area contributed by atoms with Gasteiger partial charge in [-0.1, -0.05) is 29.6 Å². The zero-order valence-electron chi connectivity index (χ0n) is 11.7. The molecule has 0 bridgehead atoms. The highest BCUT2D eigenvalue weighted by atomic mass is 32.1. The molecular formula is C17H13N3OS. The topological polar surface area (TPSA) is 42.2 Å². The van der Waals surface area contributed by atoms with Crippen molar-refractivity contribution in [2.75, 3.05) is 11.4 Å². The van der Waals surface area contributed by atoms with E-state index in [1.807, 2.05) is 48.7 Å². The molecule has 0 saturated heterocycles. The standard InChI is InChI=1S/C17H13N3OS/c1-4-10-20(11-5-1)17-19-15(14-8-6-12-21-14)16(22-17)13-7-2-3-9-18-13/h1-10,12H,11H2. The largest absolute Gasteiger partial charge is 0.463 e. The van der Waals surface area contributed by atoms with Crippen molar-refractivity contribution in [2.45, 2.75) is 0 Å². The van der Waals surface area contributed by atoms with E-state index in [2.05, 4.69) is 16.0 Å². The number of furan rings is 1. The molecule has 0 saturated carbocycles. The fourth-order valence-corrected chi connectivity index (χ4v) is 3.33. The van der Waals surface area contributed by atoms with Crippen molar-refractivity contribution in [3.8, 4) is 22.0 Å². The summed E-state index contributed by atoms with van der Waals surface area (Å²) in [6.07, 6.45) is 11.7. The Morgan fingerprint density at radius 3 is 2.86 bits per heavy atom. The second kappa shape index (κ2) is 5.61. The number of hydrogen-bond acceptors (Lipinski definition) is 5. The van der Waals surface area contributed by atoms with Crippen LogP contribution < -0.4 is 4.90 Å². The van der Waals surface area contributed by atoms with Gasteiger partial charge in [0.15, 0.2) is 10.9 Å². The molecule has 108 valence electrons. The van der Waals surface area contributed by atoms with Crippen LogP contribution in [0.5, 0.6) is 0 Å². The van der Waals surface area contributed by atoms with Gasteiger partial charge in [0.25, 0.3) is 0 Å². The van der Waals surface area contributed by atoms with E-state index < -0.39 is 0 Å². The molecule has 22 heavy (non-hydrogen) atoms. The Morgan fingerprint density at radius 2 is 2.14 bits per heavy atom. The molecule has 4 heterocycles. The van der Waals surface area contributed by atoms with E-state index >= 15 is 0 Å². The zero-order valence-corrected chi connectivity index (χ0v) is 12.5. The Morgan fingerprint density at radius 1 is 1.14 bits per heavy atom. The third kappa shape index (κ3) is 2.35. The Kier molecular flexibility index (Phi) is 3.33. The normalized spacial score (nSPS) is 13.7. The van der Waals surface area contributed by atoms with Crippen LogP contribution >= 0.6 is 11.3 Å². The summed E-state index contributed by atoms with van der Waals surface area (Å²) in [4.78, 5) is 12.4. The van der Waals surface area contributed by atoms with Crippen molar-refractivity contribution in [1.29, 1.82) is 0 Å². The predicted molar refractivity (Wildman–Crippen MR) is 88.7 cm³/mol. The second-order valence-electron chi connectivity index (χ2n) is 4.79. The first-order valence-corrected chi connectivity index (χ1v) is 7.79. The highest BCUT2D eigenvalue weighted by Gasteiger charge is 2.20. The number of rotatable bonds is 3. The summed E-state index contributed by atoms with van der Waals surface area (Å²) in [7, 11) is 0. The lowest BCUT2D eigenvalue weighted by molar-refractivity contribution is 0.580. The Labute approximate surface area is 132 Å². The van der Waals surface area contributed by atoms with E-state index in [0.717, 1.165) is 33.7 Å². The van der Waals surface area contributed by atoms with Gasteiger partial charge in [-0.3, -0.25) is 4.98 Å². The molecule has 0 aliphatic carbocycles. The van der Waals surface area contributed by atoms with Crippen LogP contribution in [-0.4, -0.2) is 16.5 Å². The third-order valence-electron chi connectivity index (χ3n) is 3.33. The van der Waals surface area contributed by atoms with Gasteiger partial charge < -0.3 is 9.32 Å². The minimum Gasteiger partial charge on any atom is -0.463 e. The van der Waals surface area contributed by atoms with Crippen LogP contribution in [0, 0.1) is 0 Å². The van der Waals surface area contributed by atoms with Crippen LogP contribution in [-0.2, 0) is 0 Å². The number of aromatic nitrogens is 2. The van der Waals surface area contributed by atoms with Crippen LogP contribution in [0.3, 0.4) is 0 Å². The van der Waals surface area contributed by atoms with Crippen LogP contribution in [0.4, 0.5) is 5.13 Å². The molecule has 0 unspecified atom stereocenters. The Bertz CT molecular complexity index is 819. The molecule has 0 amide bonds. The number of pyridine rings is 1. The molecular weight excluding hydrogens is 294 g/mol. The lowest BCUT2D eigenvalue weighted by Crippen LogP contribution is -2.16. The number of nitrogens with zero attached hydrogens (tertiary/aromatic N) is 3. The molecule has 0 aromatic carbocycles. The van der Waals surface area contributed by atoms with E-state index in [0.29, 0.717) is 0 Å². The number of hydrogen-bond donors (Lipinski definition) is 0. The van der Waals surface area contributed by atoms with Gasteiger partial charge >= 0.3 is 0 Å². The fraction of sp³-hybridized carbons (Fsp3) is 0.0588. The highest BCUT2D eigenvalue weighted by molar-refractivity contribution is 7.19. The minimum absolute atomic E-state index is 0.764. The number of anilines is 1. The van der Waals surface area contributed by atoms with Gasteiger partial charge in [-0.2, -0.15) is 0 Å². The molecule has 1 aliphatic heterocycles. The van der Waals surface area contributed by atoms with E-state index in [-0.39, 0.29) is 0 Å². The van der Waals surface area contributed by atoms with Gasteiger partial charge in [0, 0.05) is 18.9 Å². The summed E-state index contributed by atoms with van der Waals surface area (Å²) in [5, 5.41) is 0.938. The van der Waals surface area contributed by atoms with Gasteiger partial charge in [-0.05, 0) is 30.3 Å². The van der Waals surface area contributed by atoms with E-state index in [1.165, 1.54) is 0 Å². The predicted octanol–water partition coefficient (Wildman–Crippen LogP) is 4.36. The molecule has 1 aliphatic rings. The minimum atomic E-state index is 0.764. The average Bonchev–Trinajstić information content (AvgIpc) is 3.26. The number of thiazole rings is 1. The van der Waals surface area contributed by atoms with E-state index in [9.17, 15) is 0 Å². The summed E-state index contributed by atoms with van der Waals surface area (Å²) in [6.45, 7) is 0.823. The van der Waals surface area contributed by atoms with Crippen LogP contribution in [0.15, 0.2) is 71.6 Å². The summed E-state index contributed by atoms with van der Waals surface area (Å²) < 4.78 is 5.55. The van der Waals surface area contributed by atoms with Crippen molar-refractivity contribution in [3.63, 3.8) is 0 Å².